The van der Waals surface area contributed by atoms with Crippen molar-refractivity contribution in [3.05, 3.63) is 41.2 Å². The van der Waals surface area contributed by atoms with Crippen LogP contribution in [0.2, 0.25) is 0 Å². The Morgan fingerprint density at radius 3 is 2.68 bits per heavy atom. The summed E-state index contributed by atoms with van der Waals surface area (Å²) in [4.78, 5) is 18.6. The molecule has 10 heteroatoms. The van der Waals surface area contributed by atoms with Gasteiger partial charge in [-0.15, -0.1) is 11.3 Å². The largest absolute Gasteiger partial charge is 0.378 e. The summed E-state index contributed by atoms with van der Waals surface area (Å²) in [6.07, 6.45) is 0. The number of aromatic nitrogens is 1. The number of amides is 1. The van der Waals surface area contributed by atoms with Gasteiger partial charge < -0.3 is 15.0 Å². The van der Waals surface area contributed by atoms with Crippen molar-refractivity contribution in [1.29, 1.82) is 0 Å². The standard InChI is InChI=1S/C15H16FN5O2S2/c16-10-1-3-11(4-2-10)17-14(24)20-19-13(22)12-9-25-15(18-12)21-5-7-23-8-6-21/h1-4,9H,5-8H2,(H,19,22)(H2,17,20,24). The number of hydrogen-bond donors (Lipinski definition) is 3. The predicted molar refractivity (Wildman–Crippen MR) is 98.4 cm³/mol. The van der Waals surface area contributed by atoms with Crippen LogP contribution < -0.4 is 21.1 Å². The van der Waals surface area contributed by atoms with E-state index < -0.39 is 0 Å². The van der Waals surface area contributed by atoms with Gasteiger partial charge in [-0.2, -0.15) is 0 Å². The number of anilines is 2. The Balaban J connectivity index is 1.49. The maximum Gasteiger partial charge on any atom is 0.289 e. The van der Waals surface area contributed by atoms with Crippen molar-refractivity contribution in [3.63, 3.8) is 0 Å². The number of thiazole rings is 1. The molecule has 3 N–H and O–H groups in total. The molecule has 1 aromatic carbocycles. The molecular weight excluding hydrogens is 365 g/mol. The Labute approximate surface area is 153 Å². The first-order valence-corrected chi connectivity index (χ1v) is 8.82. The fraction of sp³-hybridized carbons (Fsp3) is 0.267. The van der Waals surface area contributed by atoms with Gasteiger partial charge in [-0.1, -0.05) is 0 Å². The molecule has 25 heavy (non-hydrogen) atoms. The monoisotopic (exact) mass is 381 g/mol. The lowest BCUT2D eigenvalue weighted by Gasteiger charge is -2.25. The van der Waals surface area contributed by atoms with E-state index >= 15 is 0 Å². The zero-order chi connectivity index (χ0) is 17.6. The second kappa shape index (κ2) is 8.19. The number of hydrogen-bond acceptors (Lipinski definition) is 6. The van der Waals surface area contributed by atoms with Crippen molar-refractivity contribution >= 4 is 45.4 Å². The van der Waals surface area contributed by atoms with E-state index in [0.29, 0.717) is 24.6 Å². The van der Waals surface area contributed by atoms with Crippen molar-refractivity contribution in [2.45, 2.75) is 0 Å². The lowest BCUT2D eigenvalue weighted by Crippen LogP contribution is -2.44. The molecule has 7 nitrogen and oxygen atoms in total. The molecule has 1 amide bonds. The number of benzene rings is 1. The summed E-state index contributed by atoms with van der Waals surface area (Å²) >= 11 is 6.48. The molecule has 132 valence electrons. The van der Waals surface area contributed by atoms with Crippen LogP contribution >= 0.6 is 23.6 Å². The zero-order valence-electron chi connectivity index (χ0n) is 13.1. The summed E-state index contributed by atoms with van der Waals surface area (Å²) in [5.41, 5.74) is 5.99. The Kier molecular flexibility index (Phi) is 5.74. The SMILES string of the molecule is O=C(NNC(=S)Nc1ccc(F)cc1)c1csc(N2CCOCC2)n1. The van der Waals surface area contributed by atoms with Gasteiger partial charge in [0.2, 0.25) is 0 Å². The molecule has 0 spiro atoms. The fourth-order valence-corrected chi connectivity index (χ4v) is 3.17. The first-order chi connectivity index (χ1) is 12.1. The fourth-order valence-electron chi connectivity index (χ4n) is 2.14. The molecule has 1 aromatic heterocycles. The van der Waals surface area contributed by atoms with Gasteiger partial charge in [0, 0.05) is 24.2 Å². The van der Waals surface area contributed by atoms with Gasteiger partial charge in [0.25, 0.3) is 5.91 Å². The highest BCUT2D eigenvalue weighted by Crippen LogP contribution is 2.21. The molecule has 0 atom stereocenters. The number of nitrogens with zero attached hydrogens (tertiary/aromatic N) is 2. The van der Waals surface area contributed by atoms with Crippen LogP contribution in [0.25, 0.3) is 0 Å². The van der Waals surface area contributed by atoms with E-state index in [0.717, 1.165) is 18.2 Å². The van der Waals surface area contributed by atoms with Gasteiger partial charge in [-0.3, -0.25) is 15.6 Å². The molecular formula is C15H16FN5O2S2. The van der Waals surface area contributed by atoms with Gasteiger partial charge in [0.15, 0.2) is 10.2 Å². The number of ether oxygens (including phenoxy) is 1. The topological polar surface area (TPSA) is 78.5 Å². The Hall–Kier alpha value is -2.30. The average molecular weight is 381 g/mol. The number of halogens is 1. The second-order valence-corrected chi connectivity index (χ2v) is 6.40. The third-order valence-electron chi connectivity index (χ3n) is 3.40. The highest BCUT2D eigenvalue weighted by atomic mass is 32.1. The smallest absolute Gasteiger partial charge is 0.289 e. The van der Waals surface area contributed by atoms with Crippen molar-refractivity contribution in [2.75, 3.05) is 36.5 Å². The first-order valence-electron chi connectivity index (χ1n) is 7.53. The van der Waals surface area contributed by atoms with Crippen molar-refractivity contribution < 1.29 is 13.9 Å². The summed E-state index contributed by atoms with van der Waals surface area (Å²) in [6, 6.07) is 5.71. The number of carbonyl (C=O) groups excluding carboxylic acids is 1. The summed E-state index contributed by atoms with van der Waals surface area (Å²) < 4.78 is 18.2. The minimum absolute atomic E-state index is 0.184. The summed E-state index contributed by atoms with van der Waals surface area (Å²) in [6.45, 7) is 2.84. The minimum atomic E-state index is -0.390. The van der Waals surface area contributed by atoms with E-state index in [1.807, 2.05) is 0 Å². The van der Waals surface area contributed by atoms with Crippen LogP contribution in [0.3, 0.4) is 0 Å². The van der Waals surface area contributed by atoms with E-state index in [2.05, 4.69) is 26.1 Å². The van der Waals surface area contributed by atoms with E-state index in [1.54, 1.807) is 17.5 Å². The number of hydrazine groups is 1. The molecule has 1 aliphatic heterocycles. The quantitative estimate of drug-likeness (QED) is 0.552. The van der Waals surface area contributed by atoms with Crippen molar-refractivity contribution in [1.82, 2.24) is 15.8 Å². The van der Waals surface area contributed by atoms with Crippen LogP contribution in [-0.2, 0) is 4.74 Å². The minimum Gasteiger partial charge on any atom is -0.378 e. The highest BCUT2D eigenvalue weighted by Gasteiger charge is 2.17. The number of morpholine rings is 1. The molecule has 0 unspecified atom stereocenters. The van der Waals surface area contributed by atoms with Gasteiger partial charge in [-0.05, 0) is 36.5 Å². The van der Waals surface area contributed by atoms with Crippen LogP contribution in [0.15, 0.2) is 29.6 Å². The normalized spacial score (nSPS) is 14.0. The Bertz CT molecular complexity index is 747. The summed E-state index contributed by atoms with van der Waals surface area (Å²) in [5, 5.41) is 5.50. The van der Waals surface area contributed by atoms with Crippen molar-refractivity contribution in [2.24, 2.45) is 0 Å². The molecule has 0 saturated carbocycles. The molecule has 0 aliphatic carbocycles. The lowest BCUT2D eigenvalue weighted by atomic mass is 10.3. The van der Waals surface area contributed by atoms with E-state index in [9.17, 15) is 9.18 Å². The third-order valence-corrected chi connectivity index (χ3v) is 4.50. The maximum absolute atomic E-state index is 12.9. The van der Waals surface area contributed by atoms with E-state index in [-0.39, 0.29) is 16.8 Å². The van der Waals surface area contributed by atoms with Gasteiger partial charge in [-0.25, -0.2) is 9.37 Å². The Morgan fingerprint density at radius 1 is 1.24 bits per heavy atom. The first kappa shape index (κ1) is 17.5. The number of rotatable bonds is 3. The van der Waals surface area contributed by atoms with Gasteiger partial charge in [0.05, 0.1) is 13.2 Å². The molecule has 1 fully saturated rings. The molecule has 0 radical (unpaired) electrons. The molecule has 3 rings (SSSR count). The van der Waals surface area contributed by atoms with E-state index in [4.69, 9.17) is 17.0 Å². The highest BCUT2D eigenvalue weighted by molar-refractivity contribution is 7.80. The van der Waals surface area contributed by atoms with Crippen LogP contribution in [0.5, 0.6) is 0 Å². The van der Waals surface area contributed by atoms with Crippen LogP contribution in [0, 0.1) is 5.82 Å². The van der Waals surface area contributed by atoms with Crippen LogP contribution in [0.4, 0.5) is 15.2 Å². The van der Waals surface area contributed by atoms with Gasteiger partial charge in [0.1, 0.15) is 11.5 Å². The lowest BCUT2D eigenvalue weighted by molar-refractivity contribution is 0.0940. The Morgan fingerprint density at radius 2 is 1.96 bits per heavy atom. The molecule has 0 bridgehead atoms. The molecule has 1 aliphatic rings. The van der Waals surface area contributed by atoms with Crippen LogP contribution in [0.1, 0.15) is 10.5 Å². The van der Waals surface area contributed by atoms with Gasteiger partial charge >= 0.3 is 0 Å². The van der Waals surface area contributed by atoms with E-state index in [1.165, 1.54) is 23.5 Å². The molecule has 1 saturated heterocycles. The third kappa shape index (κ3) is 4.84. The number of nitrogens with one attached hydrogen (secondary N) is 3. The maximum atomic E-state index is 12.9. The molecule has 2 aromatic rings. The van der Waals surface area contributed by atoms with Crippen molar-refractivity contribution in [3.8, 4) is 0 Å². The second-order valence-electron chi connectivity index (χ2n) is 5.15. The predicted octanol–water partition coefficient (Wildman–Crippen LogP) is 1.75. The summed E-state index contributed by atoms with van der Waals surface area (Å²) in [7, 11) is 0. The number of thiocarbonyl (C=S) groups is 1. The average Bonchev–Trinajstić information content (AvgIpc) is 3.13. The number of carbonyl (C=O) groups is 1. The molecule has 2 heterocycles. The zero-order valence-corrected chi connectivity index (χ0v) is 14.8. The summed E-state index contributed by atoms with van der Waals surface area (Å²) in [5.74, 6) is -0.726. The van der Waals surface area contributed by atoms with Crippen LogP contribution in [-0.4, -0.2) is 42.3 Å².